The van der Waals surface area contributed by atoms with E-state index in [4.69, 9.17) is 11.6 Å². The van der Waals surface area contributed by atoms with Crippen molar-refractivity contribution in [3.05, 3.63) is 58.6 Å². The maximum absolute atomic E-state index is 13.9. The average Bonchev–Trinajstić information content (AvgIpc) is 3.10. The molecule has 0 aromatic heterocycles. The molecule has 0 aliphatic carbocycles. The number of halogens is 1. The molecule has 2 aromatic carbocycles. The third kappa shape index (κ3) is 7.84. The first kappa shape index (κ1) is 33.1. The molecule has 0 unspecified atom stereocenters. The normalized spacial score (nSPS) is 20.3. The summed E-state index contributed by atoms with van der Waals surface area (Å²) in [6, 6.07) is 11.9. The molecule has 3 saturated heterocycles. The highest BCUT2D eigenvalue weighted by atomic mass is 35.5. The van der Waals surface area contributed by atoms with Gasteiger partial charge in [-0.25, -0.2) is 9.59 Å². The third-order valence-corrected chi connectivity index (χ3v) is 10.7. The number of fused-ring (bicyclic) bond motifs is 1. The maximum atomic E-state index is 13.9. The number of hydrogen-bond donors (Lipinski definition) is 3. The predicted octanol–water partition coefficient (Wildman–Crippen LogP) is 5.04. The highest BCUT2D eigenvalue weighted by Crippen LogP contribution is 2.28. The summed E-state index contributed by atoms with van der Waals surface area (Å²) in [4.78, 5) is 61.7. The summed E-state index contributed by atoms with van der Waals surface area (Å²) in [6.07, 6.45) is 6.68. The topological polar surface area (TPSA) is 117 Å². The summed E-state index contributed by atoms with van der Waals surface area (Å²) in [5.41, 5.74) is 3.18. The molecule has 47 heavy (non-hydrogen) atoms. The second-order valence-corrected chi connectivity index (χ2v) is 13.7. The maximum Gasteiger partial charge on any atom is 0.322 e. The molecule has 6 rings (SSSR count). The summed E-state index contributed by atoms with van der Waals surface area (Å²) in [6.45, 7) is 6.75. The lowest BCUT2D eigenvalue weighted by Gasteiger charge is -2.41. The van der Waals surface area contributed by atoms with Gasteiger partial charge < -0.3 is 35.6 Å². The zero-order valence-electron chi connectivity index (χ0n) is 27.2. The Bertz CT molecular complexity index is 1470. The van der Waals surface area contributed by atoms with Gasteiger partial charge in [-0.05, 0) is 87.9 Å². The van der Waals surface area contributed by atoms with Gasteiger partial charge in [-0.2, -0.15) is 0 Å². The van der Waals surface area contributed by atoms with Crippen molar-refractivity contribution in [3.8, 4) is 0 Å². The molecule has 11 nitrogen and oxygen atoms in total. The number of urea groups is 2. The van der Waals surface area contributed by atoms with Crippen molar-refractivity contribution in [3.63, 3.8) is 0 Å². The van der Waals surface area contributed by atoms with Crippen LogP contribution >= 0.6 is 11.6 Å². The highest BCUT2D eigenvalue weighted by Gasteiger charge is 2.36. The molecule has 0 saturated carbocycles. The summed E-state index contributed by atoms with van der Waals surface area (Å²) in [7, 11) is 0. The molecule has 2 aromatic rings. The van der Waals surface area contributed by atoms with Crippen molar-refractivity contribution in [2.24, 2.45) is 0 Å². The number of nitrogens with zero attached hydrogens (tertiary/aromatic N) is 4. The number of carbonyl (C=O) groups excluding carboxylic acids is 4. The van der Waals surface area contributed by atoms with Crippen LogP contribution in [0.25, 0.3) is 0 Å². The van der Waals surface area contributed by atoms with E-state index in [1.807, 2.05) is 41.0 Å². The SMILES string of the molecule is Cc1c(Cl)cccc1NC(=O)N[C@@H](CC(=O)N1CCC(N2Cc3ccccc3NC2=O)CC1)C(=O)N1CCC(N2CCCCC2)CC1. The molecule has 6 amide bonds. The van der Waals surface area contributed by atoms with E-state index in [2.05, 4.69) is 20.9 Å². The molecule has 0 radical (unpaired) electrons. The highest BCUT2D eigenvalue weighted by molar-refractivity contribution is 6.31. The molecule has 12 heteroatoms. The molecule has 3 fully saturated rings. The Balaban J connectivity index is 1.08. The van der Waals surface area contributed by atoms with E-state index in [0.717, 1.165) is 42.7 Å². The lowest BCUT2D eigenvalue weighted by Crippen LogP contribution is -2.56. The summed E-state index contributed by atoms with van der Waals surface area (Å²) in [5.74, 6) is -0.412. The van der Waals surface area contributed by atoms with Crippen LogP contribution in [0.1, 0.15) is 62.5 Å². The Kier molecular flexibility index (Phi) is 10.5. The fraction of sp³-hybridized carbons (Fsp3) is 0.543. The number of nitrogens with one attached hydrogen (secondary N) is 3. The van der Waals surface area contributed by atoms with Crippen LogP contribution in [0, 0.1) is 6.92 Å². The van der Waals surface area contributed by atoms with E-state index in [0.29, 0.717) is 62.3 Å². The van der Waals surface area contributed by atoms with Gasteiger partial charge in [0.15, 0.2) is 0 Å². The number of carbonyl (C=O) groups is 4. The molecule has 4 heterocycles. The molecular formula is C35H46ClN7O4. The number of piperidine rings is 3. The Morgan fingerprint density at radius 2 is 1.55 bits per heavy atom. The lowest BCUT2D eigenvalue weighted by atomic mass is 9.98. The predicted molar refractivity (Wildman–Crippen MR) is 182 cm³/mol. The fourth-order valence-corrected chi connectivity index (χ4v) is 7.64. The van der Waals surface area contributed by atoms with Gasteiger partial charge in [-0.1, -0.05) is 42.3 Å². The van der Waals surface area contributed by atoms with E-state index in [9.17, 15) is 19.2 Å². The first-order chi connectivity index (χ1) is 22.8. The van der Waals surface area contributed by atoms with Crippen LogP contribution in [-0.4, -0.2) is 101 Å². The number of rotatable bonds is 7. The van der Waals surface area contributed by atoms with E-state index in [-0.39, 0.29) is 30.3 Å². The summed E-state index contributed by atoms with van der Waals surface area (Å²) in [5, 5.41) is 9.15. The molecule has 1 atom stereocenters. The van der Waals surface area contributed by atoms with Gasteiger partial charge in [0.25, 0.3) is 0 Å². The van der Waals surface area contributed by atoms with E-state index >= 15 is 0 Å². The molecular weight excluding hydrogens is 618 g/mol. The van der Waals surface area contributed by atoms with Gasteiger partial charge in [-0.3, -0.25) is 9.59 Å². The zero-order valence-corrected chi connectivity index (χ0v) is 27.9. The van der Waals surface area contributed by atoms with Crippen molar-refractivity contribution in [2.75, 3.05) is 49.9 Å². The largest absolute Gasteiger partial charge is 0.342 e. The minimum Gasteiger partial charge on any atom is -0.342 e. The molecule has 0 bridgehead atoms. The molecule has 4 aliphatic rings. The number of hydrogen-bond acceptors (Lipinski definition) is 5. The van der Waals surface area contributed by atoms with Gasteiger partial charge in [0, 0.05) is 61.2 Å². The number of likely N-dealkylation sites (tertiary alicyclic amines) is 3. The number of para-hydroxylation sites is 1. The van der Waals surface area contributed by atoms with Crippen molar-refractivity contribution in [1.29, 1.82) is 0 Å². The van der Waals surface area contributed by atoms with Crippen LogP contribution in [0.4, 0.5) is 21.0 Å². The first-order valence-electron chi connectivity index (χ1n) is 17.1. The van der Waals surface area contributed by atoms with E-state index in [1.54, 1.807) is 23.1 Å². The van der Waals surface area contributed by atoms with Crippen LogP contribution < -0.4 is 16.0 Å². The van der Waals surface area contributed by atoms with E-state index in [1.165, 1.54) is 19.3 Å². The van der Waals surface area contributed by atoms with Crippen molar-refractivity contribution in [1.82, 2.24) is 24.9 Å². The smallest absolute Gasteiger partial charge is 0.322 e. The lowest BCUT2D eigenvalue weighted by molar-refractivity contribution is -0.140. The number of benzene rings is 2. The molecule has 4 aliphatic heterocycles. The molecule has 3 N–H and O–H groups in total. The summed E-state index contributed by atoms with van der Waals surface area (Å²) >= 11 is 6.26. The minimum absolute atomic E-state index is 0.0101. The van der Waals surface area contributed by atoms with Crippen LogP contribution in [0.2, 0.25) is 5.02 Å². The Morgan fingerprint density at radius 3 is 2.30 bits per heavy atom. The standard InChI is InChI=1S/C35H46ClN7O4/c1-24-28(36)9-7-11-29(24)37-34(46)38-31(33(45)42-20-12-26(13-21-42)40-16-5-2-6-17-40)22-32(44)41-18-14-27(15-19-41)43-23-25-8-3-4-10-30(25)39-35(43)47/h3-4,7-11,26-27,31H,2,5-6,12-23H2,1H3,(H,39,47)(H2,37,38,46)/t31-/m0/s1. The number of anilines is 2. The second kappa shape index (κ2) is 14.9. The zero-order chi connectivity index (χ0) is 32.9. The van der Waals surface area contributed by atoms with Crippen molar-refractivity contribution in [2.45, 2.75) is 83.0 Å². The van der Waals surface area contributed by atoms with Crippen LogP contribution in [0.3, 0.4) is 0 Å². The minimum atomic E-state index is -1.00. The molecule has 0 spiro atoms. The Morgan fingerprint density at radius 1 is 0.872 bits per heavy atom. The summed E-state index contributed by atoms with van der Waals surface area (Å²) < 4.78 is 0. The van der Waals surface area contributed by atoms with Crippen molar-refractivity contribution < 1.29 is 19.2 Å². The van der Waals surface area contributed by atoms with Gasteiger partial charge in [0.05, 0.1) is 6.42 Å². The van der Waals surface area contributed by atoms with Crippen LogP contribution in [0.5, 0.6) is 0 Å². The van der Waals surface area contributed by atoms with Crippen LogP contribution in [-0.2, 0) is 16.1 Å². The van der Waals surface area contributed by atoms with Crippen molar-refractivity contribution >= 4 is 46.9 Å². The third-order valence-electron chi connectivity index (χ3n) is 10.3. The Hall–Kier alpha value is -3.83. The monoisotopic (exact) mass is 663 g/mol. The van der Waals surface area contributed by atoms with Gasteiger partial charge in [0.2, 0.25) is 11.8 Å². The average molecular weight is 664 g/mol. The van der Waals surface area contributed by atoms with Gasteiger partial charge in [0.1, 0.15) is 6.04 Å². The van der Waals surface area contributed by atoms with E-state index < -0.39 is 12.1 Å². The van der Waals surface area contributed by atoms with Crippen LogP contribution in [0.15, 0.2) is 42.5 Å². The molecule has 252 valence electrons. The quantitative estimate of drug-likeness (QED) is 0.384. The first-order valence-corrected chi connectivity index (χ1v) is 17.4. The van der Waals surface area contributed by atoms with Gasteiger partial charge in [-0.15, -0.1) is 0 Å². The fourth-order valence-electron chi connectivity index (χ4n) is 7.46. The second-order valence-electron chi connectivity index (χ2n) is 13.2. The number of amides is 6. The van der Waals surface area contributed by atoms with Gasteiger partial charge >= 0.3 is 12.1 Å². The Labute approximate surface area is 281 Å².